The van der Waals surface area contributed by atoms with Gasteiger partial charge in [-0.15, -0.1) is 0 Å². The minimum Gasteiger partial charge on any atom is -0.497 e. The van der Waals surface area contributed by atoms with E-state index in [2.05, 4.69) is 191 Å². The van der Waals surface area contributed by atoms with Crippen LogP contribution in [0.3, 0.4) is 0 Å². The van der Waals surface area contributed by atoms with Crippen LogP contribution in [0, 0.1) is 62.2 Å². The molecule has 7 nitrogen and oxygen atoms in total. The molecular formula is C89H139Cl2NO6S. The fourth-order valence-corrected chi connectivity index (χ4v) is 10.7. The number of rotatable bonds is 19. The molecule has 1 fully saturated rings. The fraction of sp³-hybridized carbons (Fsp3) is 0.528. The van der Waals surface area contributed by atoms with Crippen molar-refractivity contribution in [3.8, 4) is 23.0 Å². The van der Waals surface area contributed by atoms with Gasteiger partial charge < -0.3 is 24.3 Å². The first-order valence-electron chi connectivity index (χ1n) is 36.3. The van der Waals surface area contributed by atoms with E-state index in [-0.39, 0.29) is 24.9 Å². The van der Waals surface area contributed by atoms with Gasteiger partial charge in [0.2, 0.25) is 0 Å². The van der Waals surface area contributed by atoms with E-state index in [4.69, 9.17) is 42.1 Å². The van der Waals surface area contributed by atoms with Crippen molar-refractivity contribution in [2.45, 2.75) is 259 Å². The highest BCUT2D eigenvalue weighted by Crippen LogP contribution is 2.29. The van der Waals surface area contributed by atoms with E-state index >= 15 is 0 Å². The number of halogens is 2. The Balaban J connectivity index is 0. The summed E-state index contributed by atoms with van der Waals surface area (Å²) >= 11 is 11.7. The Morgan fingerprint density at radius 3 is 1.49 bits per heavy atom. The van der Waals surface area contributed by atoms with Crippen LogP contribution in [0.15, 0.2) is 175 Å². The van der Waals surface area contributed by atoms with Crippen molar-refractivity contribution in [3.63, 3.8) is 0 Å². The van der Waals surface area contributed by atoms with Crippen molar-refractivity contribution in [3.05, 3.63) is 213 Å². The highest BCUT2D eigenvalue weighted by atomic mass is 35.5. The van der Waals surface area contributed by atoms with Crippen LogP contribution in [0.4, 0.5) is 5.69 Å². The molecule has 0 saturated heterocycles. The number of sulfone groups is 1. The minimum atomic E-state index is -3.09. The van der Waals surface area contributed by atoms with Crippen LogP contribution in [0.5, 0.6) is 23.0 Å². The Morgan fingerprint density at radius 1 is 0.495 bits per heavy atom. The highest BCUT2D eigenvalue weighted by molar-refractivity contribution is 7.92. The maximum absolute atomic E-state index is 11.6. The Labute approximate surface area is 618 Å². The van der Waals surface area contributed by atoms with E-state index in [1.165, 1.54) is 72.8 Å². The lowest BCUT2D eigenvalue weighted by molar-refractivity contribution is 0.170. The van der Waals surface area contributed by atoms with Crippen molar-refractivity contribution in [1.29, 1.82) is 0 Å². The van der Waals surface area contributed by atoms with E-state index < -0.39 is 9.84 Å². The third kappa shape index (κ3) is 45.5. The lowest BCUT2D eigenvalue weighted by atomic mass is 9.84. The predicted molar refractivity (Wildman–Crippen MR) is 438 cm³/mol. The van der Waals surface area contributed by atoms with Gasteiger partial charge in [-0.25, -0.2) is 8.42 Å². The average Bonchev–Trinajstić information content (AvgIpc) is 0.868. The smallest absolute Gasteiger partial charge is 0.180 e. The van der Waals surface area contributed by atoms with Gasteiger partial charge in [-0.05, 0) is 236 Å². The van der Waals surface area contributed by atoms with E-state index in [9.17, 15) is 8.42 Å². The number of ether oxygens (including phenoxy) is 4. The molecule has 1 unspecified atom stereocenters. The lowest BCUT2D eigenvalue weighted by Crippen LogP contribution is -2.18. The summed E-state index contributed by atoms with van der Waals surface area (Å²) < 4.78 is 44.9. The molecule has 1 aliphatic rings. The number of para-hydroxylation sites is 2. The van der Waals surface area contributed by atoms with Gasteiger partial charge in [0.05, 0.1) is 42.3 Å². The first kappa shape index (κ1) is 95.1. The van der Waals surface area contributed by atoms with Crippen LogP contribution in [0.25, 0.3) is 0 Å². The molecule has 0 bridgehead atoms. The molecule has 0 aliphatic heterocycles. The molecule has 8 rings (SSSR count). The Kier molecular flexibility index (Phi) is 51.8. The summed E-state index contributed by atoms with van der Waals surface area (Å²) in [6, 6.07) is 55.7. The third-order valence-corrected chi connectivity index (χ3v) is 19.0. The van der Waals surface area contributed by atoms with Crippen molar-refractivity contribution in [2.75, 3.05) is 19.5 Å². The van der Waals surface area contributed by atoms with Crippen LogP contribution >= 0.6 is 23.2 Å². The second kappa shape index (κ2) is 53.9. The molecular weight excluding hydrogens is 1280 g/mol. The van der Waals surface area contributed by atoms with Crippen LogP contribution in [-0.2, 0) is 22.7 Å². The summed E-state index contributed by atoms with van der Waals surface area (Å²) in [5, 5.41) is 4.58. The summed E-state index contributed by atoms with van der Waals surface area (Å²) in [6.07, 6.45) is 11.7. The second-order valence-electron chi connectivity index (χ2n) is 29.1. The molecule has 1 saturated carbocycles. The highest BCUT2D eigenvalue weighted by Gasteiger charge is 2.18. The van der Waals surface area contributed by atoms with Crippen molar-refractivity contribution >= 4 is 38.7 Å². The van der Waals surface area contributed by atoms with Crippen molar-refractivity contribution in [1.82, 2.24) is 0 Å². The first-order valence-corrected chi connectivity index (χ1v) is 38.6. The molecule has 7 aromatic carbocycles. The molecule has 0 aromatic heterocycles. The first-order chi connectivity index (χ1) is 46.0. The van der Waals surface area contributed by atoms with E-state index in [0.29, 0.717) is 28.7 Å². The van der Waals surface area contributed by atoms with Crippen molar-refractivity contribution < 1.29 is 27.4 Å². The van der Waals surface area contributed by atoms with Gasteiger partial charge in [0.25, 0.3) is 0 Å². The number of aryl methyl sites for hydroxylation is 2. The molecule has 7 aromatic rings. The summed E-state index contributed by atoms with van der Waals surface area (Å²) in [4.78, 5) is 0.410. The van der Waals surface area contributed by atoms with Crippen LogP contribution < -0.4 is 24.3 Å². The van der Waals surface area contributed by atoms with E-state index in [1.807, 2.05) is 124 Å². The standard InChI is InChI=1S/C11H15ClO.C11H16O.C10H13Cl.C10H15NO.C10H14O2S.C10H14O.C10H20.C10H14.C6H14.CH4/c1-8(2)9(3)13-11-6-4-10(12)5-7-11;1-8(2)12-11-7-5-6-9(3)10(11)4;1-8(2)7-9-5-3-4-6-10(9)11;1-8(2)11-9-6-4-5-7-10(9)12-3;1-8(2)13(11,12)10-6-4-9(3)5-7-10;1-8(2)9-5-4-6-10(7-9)11-3;2*1-9(2)8-10-6-4-3-5-7-10;1-5(2)6(3)4;/h4-9H,1-3H3;5-8H,1-4H3;3-6,8H,7H2,1-2H3;4-8,11H,1-3H3;4-8H,1-3H3;4-8H,1-3H3;9-10H,3-8H2,1-2H3;3-7,9H,8H2,1-2H3;5-6H,1-4H3;1H4. The van der Waals surface area contributed by atoms with Crippen LogP contribution in [-0.4, -0.2) is 46.1 Å². The molecule has 0 heterocycles. The molecule has 556 valence electrons. The SMILES string of the molecule is C.CC(C)C(C)C.CC(C)C(C)Oc1ccc(Cl)cc1.CC(C)CC1CCCCC1.CC(C)Cc1ccccc1.CC(C)Cc1ccccc1Cl.COc1cccc(C(C)C)c1.COc1ccccc1NC(C)C.Cc1ccc(S(=O)(=O)C(C)C)cc1.Cc1cccc(OC(C)C)c1C. The van der Waals surface area contributed by atoms with Gasteiger partial charge in [-0.2, -0.15) is 0 Å². The molecule has 1 aliphatic carbocycles. The quantitative estimate of drug-likeness (QED) is 0.0864. The predicted octanol–water partition coefficient (Wildman–Crippen LogP) is 27.3. The van der Waals surface area contributed by atoms with Crippen LogP contribution in [0.1, 0.15) is 231 Å². The van der Waals surface area contributed by atoms with Gasteiger partial charge in [0, 0.05) is 16.1 Å². The van der Waals surface area contributed by atoms with Gasteiger partial charge in [0.1, 0.15) is 23.0 Å². The number of nitrogens with one attached hydrogen (secondary N) is 1. The number of methoxy groups -OCH3 is 2. The zero-order valence-electron chi connectivity index (χ0n) is 65.9. The normalized spacial score (nSPS) is 12.0. The molecule has 0 radical (unpaired) electrons. The molecule has 0 spiro atoms. The maximum atomic E-state index is 11.6. The third-order valence-electron chi connectivity index (χ3n) is 16.2. The topological polar surface area (TPSA) is 83.1 Å². The summed E-state index contributed by atoms with van der Waals surface area (Å²) in [6.45, 7) is 51.0. The zero-order valence-corrected chi connectivity index (χ0v) is 68.2. The lowest BCUT2D eigenvalue weighted by Gasteiger charge is -2.22. The van der Waals surface area contributed by atoms with Gasteiger partial charge in [-0.1, -0.05) is 262 Å². The summed E-state index contributed by atoms with van der Waals surface area (Å²) in [7, 11) is 0.282. The number of anilines is 1. The second-order valence-corrected chi connectivity index (χ2v) is 32.5. The summed E-state index contributed by atoms with van der Waals surface area (Å²) in [5.41, 5.74) is 8.67. The van der Waals surface area contributed by atoms with Gasteiger partial charge in [-0.3, -0.25) is 0 Å². The Hall–Kier alpha value is -5.93. The molecule has 10 heteroatoms. The summed E-state index contributed by atoms with van der Waals surface area (Å²) in [5.74, 6) is 9.96. The van der Waals surface area contributed by atoms with Gasteiger partial charge in [0.15, 0.2) is 9.84 Å². The molecule has 99 heavy (non-hydrogen) atoms. The fourth-order valence-electron chi connectivity index (χ4n) is 9.32. The largest absolute Gasteiger partial charge is 0.497 e. The van der Waals surface area contributed by atoms with Gasteiger partial charge >= 0.3 is 0 Å². The zero-order chi connectivity index (χ0) is 74.5. The van der Waals surface area contributed by atoms with E-state index in [0.717, 1.165) is 80.3 Å². The van der Waals surface area contributed by atoms with E-state index in [1.54, 1.807) is 40.2 Å². The average molecular weight is 1420 g/mol. The Bertz CT molecular complexity index is 3200. The number of hydrogen-bond acceptors (Lipinski definition) is 7. The van der Waals surface area contributed by atoms with Crippen LogP contribution in [0.2, 0.25) is 10.0 Å². The molecule has 1 atom stereocenters. The monoisotopic (exact) mass is 1420 g/mol. The minimum absolute atomic E-state index is 0. The molecule has 0 amide bonds. The van der Waals surface area contributed by atoms with Crippen molar-refractivity contribution in [2.24, 2.45) is 41.4 Å². The Morgan fingerprint density at radius 2 is 1.02 bits per heavy atom. The number of benzene rings is 7. The maximum Gasteiger partial charge on any atom is 0.180 e. The molecule has 1 N–H and O–H groups in total. The number of hydrogen-bond donors (Lipinski definition) is 1.